The van der Waals surface area contributed by atoms with E-state index in [0.29, 0.717) is 32.2 Å². The Kier molecular flexibility index (Phi) is 6.71. The van der Waals surface area contributed by atoms with E-state index in [2.05, 4.69) is 10.3 Å². The van der Waals surface area contributed by atoms with Gasteiger partial charge in [0.05, 0.1) is 7.11 Å². The number of carboxylic acid groups (broad SMARTS) is 1. The summed E-state index contributed by atoms with van der Waals surface area (Å²) in [5.41, 5.74) is 6.03. The average molecular weight is 416 g/mol. The number of pyridine rings is 1. The molecule has 160 valence electrons. The summed E-state index contributed by atoms with van der Waals surface area (Å²) in [5, 5.41) is 12.7. The molecule has 3 rings (SSSR count). The van der Waals surface area contributed by atoms with Crippen molar-refractivity contribution < 1.29 is 23.8 Å². The SMILES string of the molecule is COc1nc(NC2CCC(N(Cc3ccccc3)C(=O)O)CC2)c(F)cc1C(N)=O. The monoisotopic (exact) mass is 416 g/mol. The maximum absolute atomic E-state index is 14.4. The molecule has 1 aromatic heterocycles. The zero-order valence-electron chi connectivity index (χ0n) is 16.7. The van der Waals surface area contributed by atoms with Crippen molar-refractivity contribution in [2.45, 2.75) is 44.3 Å². The molecule has 1 heterocycles. The first-order valence-electron chi connectivity index (χ1n) is 9.73. The second kappa shape index (κ2) is 9.43. The number of methoxy groups -OCH3 is 1. The van der Waals surface area contributed by atoms with Gasteiger partial charge in [-0.15, -0.1) is 0 Å². The molecule has 9 heteroatoms. The molecular weight excluding hydrogens is 391 g/mol. The molecule has 0 aliphatic heterocycles. The van der Waals surface area contributed by atoms with Gasteiger partial charge in [0.1, 0.15) is 5.56 Å². The van der Waals surface area contributed by atoms with E-state index >= 15 is 0 Å². The fourth-order valence-electron chi connectivity index (χ4n) is 3.76. The number of carbonyl (C=O) groups excluding carboxylic acids is 1. The number of nitrogens with one attached hydrogen (secondary N) is 1. The third-order valence-electron chi connectivity index (χ3n) is 5.32. The van der Waals surface area contributed by atoms with Crippen LogP contribution in [0.1, 0.15) is 41.6 Å². The van der Waals surface area contributed by atoms with E-state index in [-0.39, 0.29) is 29.3 Å². The van der Waals surface area contributed by atoms with Gasteiger partial charge in [-0.1, -0.05) is 30.3 Å². The quantitative estimate of drug-likeness (QED) is 0.638. The highest BCUT2D eigenvalue weighted by Gasteiger charge is 2.29. The van der Waals surface area contributed by atoms with Gasteiger partial charge in [-0.05, 0) is 37.3 Å². The molecule has 0 atom stereocenters. The van der Waals surface area contributed by atoms with Crippen LogP contribution in [0.25, 0.3) is 0 Å². The van der Waals surface area contributed by atoms with E-state index in [1.54, 1.807) is 0 Å². The Morgan fingerprint density at radius 3 is 2.50 bits per heavy atom. The van der Waals surface area contributed by atoms with E-state index < -0.39 is 17.8 Å². The van der Waals surface area contributed by atoms with E-state index in [4.69, 9.17) is 10.5 Å². The molecule has 1 aromatic carbocycles. The van der Waals surface area contributed by atoms with Crippen LogP contribution in [0.2, 0.25) is 0 Å². The summed E-state index contributed by atoms with van der Waals surface area (Å²) in [5.74, 6) is -1.57. The van der Waals surface area contributed by atoms with E-state index in [1.165, 1.54) is 12.0 Å². The molecule has 0 bridgehead atoms. The highest BCUT2D eigenvalue weighted by atomic mass is 19.1. The number of anilines is 1. The zero-order valence-corrected chi connectivity index (χ0v) is 16.7. The molecule has 8 nitrogen and oxygen atoms in total. The average Bonchev–Trinajstić information content (AvgIpc) is 2.74. The maximum atomic E-state index is 14.4. The molecular formula is C21H25FN4O4. The number of carbonyl (C=O) groups is 2. The summed E-state index contributed by atoms with van der Waals surface area (Å²) in [7, 11) is 1.33. The first-order chi connectivity index (χ1) is 14.4. The smallest absolute Gasteiger partial charge is 0.407 e. The number of amides is 2. The molecule has 1 fully saturated rings. The first-order valence-corrected chi connectivity index (χ1v) is 9.73. The lowest BCUT2D eigenvalue weighted by molar-refractivity contribution is 0.0994. The standard InChI is InChI=1S/C21H25FN4O4/c1-30-20-16(18(23)27)11-17(22)19(25-20)24-14-7-9-15(10-8-14)26(21(28)29)12-13-5-3-2-4-6-13/h2-6,11,14-15H,7-10,12H2,1H3,(H2,23,27)(H,24,25)(H,28,29). The van der Waals surface area contributed by atoms with Crippen LogP contribution in [0.5, 0.6) is 5.88 Å². The summed E-state index contributed by atoms with van der Waals surface area (Å²) in [6.07, 6.45) is 1.66. The van der Waals surface area contributed by atoms with Gasteiger partial charge >= 0.3 is 6.09 Å². The van der Waals surface area contributed by atoms with Crippen LogP contribution >= 0.6 is 0 Å². The highest BCUT2D eigenvalue weighted by Crippen LogP contribution is 2.29. The van der Waals surface area contributed by atoms with Crippen molar-refractivity contribution in [3.8, 4) is 5.88 Å². The number of primary amides is 1. The lowest BCUT2D eigenvalue weighted by Crippen LogP contribution is -2.43. The Labute approximate surface area is 173 Å². The van der Waals surface area contributed by atoms with Crippen LogP contribution in [0.4, 0.5) is 15.0 Å². The van der Waals surface area contributed by atoms with Crippen LogP contribution in [0, 0.1) is 5.82 Å². The molecule has 2 amide bonds. The van der Waals surface area contributed by atoms with Gasteiger partial charge in [-0.3, -0.25) is 4.79 Å². The summed E-state index contributed by atoms with van der Waals surface area (Å²) >= 11 is 0. The third-order valence-corrected chi connectivity index (χ3v) is 5.32. The minimum Gasteiger partial charge on any atom is -0.480 e. The topological polar surface area (TPSA) is 118 Å². The summed E-state index contributed by atoms with van der Waals surface area (Å²) in [4.78, 5) is 28.7. The van der Waals surface area contributed by atoms with Crippen molar-refractivity contribution in [1.82, 2.24) is 9.88 Å². The number of hydrogen-bond donors (Lipinski definition) is 3. The maximum Gasteiger partial charge on any atom is 0.407 e. The molecule has 30 heavy (non-hydrogen) atoms. The van der Waals surface area contributed by atoms with Gasteiger partial charge in [0.2, 0.25) is 5.88 Å². The minimum absolute atomic E-state index is 0.0142. The Bertz CT molecular complexity index is 901. The molecule has 1 saturated carbocycles. The predicted molar refractivity (Wildman–Crippen MR) is 109 cm³/mol. The molecule has 0 saturated heterocycles. The third kappa shape index (κ3) is 4.97. The van der Waals surface area contributed by atoms with Gasteiger partial charge in [0.15, 0.2) is 11.6 Å². The minimum atomic E-state index is -0.949. The Morgan fingerprint density at radius 1 is 1.27 bits per heavy atom. The molecule has 1 aliphatic carbocycles. The normalized spacial score (nSPS) is 18.5. The van der Waals surface area contributed by atoms with Gasteiger partial charge in [0, 0.05) is 18.6 Å². The first kappa shape index (κ1) is 21.4. The predicted octanol–water partition coefficient (Wildman–Crippen LogP) is 3.23. The molecule has 0 radical (unpaired) electrons. The van der Waals surface area contributed by atoms with Gasteiger partial charge in [0.25, 0.3) is 5.91 Å². The summed E-state index contributed by atoms with van der Waals surface area (Å²) in [6, 6.07) is 10.3. The number of aromatic nitrogens is 1. The fraction of sp³-hybridized carbons (Fsp3) is 0.381. The van der Waals surface area contributed by atoms with Crippen LogP contribution in [-0.2, 0) is 6.54 Å². The van der Waals surface area contributed by atoms with E-state index in [9.17, 15) is 19.1 Å². The number of halogens is 1. The second-order valence-corrected chi connectivity index (χ2v) is 7.29. The second-order valence-electron chi connectivity index (χ2n) is 7.29. The number of nitrogens with two attached hydrogens (primary N) is 1. The number of rotatable bonds is 7. The van der Waals surface area contributed by atoms with Gasteiger partial charge in [-0.25, -0.2) is 9.18 Å². The van der Waals surface area contributed by atoms with Gasteiger partial charge in [-0.2, -0.15) is 4.98 Å². The van der Waals surface area contributed by atoms with Crippen molar-refractivity contribution in [2.24, 2.45) is 5.73 Å². The lowest BCUT2D eigenvalue weighted by atomic mass is 9.90. The van der Waals surface area contributed by atoms with Crippen LogP contribution in [0.15, 0.2) is 36.4 Å². The Morgan fingerprint density at radius 2 is 1.93 bits per heavy atom. The van der Waals surface area contributed by atoms with Crippen LogP contribution < -0.4 is 15.8 Å². The van der Waals surface area contributed by atoms with Crippen molar-refractivity contribution in [3.63, 3.8) is 0 Å². The number of nitrogens with zero attached hydrogens (tertiary/aromatic N) is 2. The van der Waals surface area contributed by atoms with Crippen molar-refractivity contribution >= 4 is 17.8 Å². The van der Waals surface area contributed by atoms with Gasteiger partial charge < -0.3 is 25.8 Å². The Balaban J connectivity index is 1.64. The molecule has 1 aliphatic rings. The fourth-order valence-corrected chi connectivity index (χ4v) is 3.76. The molecule has 2 aromatic rings. The largest absolute Gasteiger partial charge is 0.480 e. The molecule has 4 N–H and O–H groups in total. The van der Waals surface area contributed by atoms with E-state index in [0.717, 1.165) is 11.6 Å². The zero-order chi connectivity index (χ0) is 21.7. The number of hydrogen-bond acceptors (Lipinski definition) is 5. The summed E-state index contributed by atoms with van der Waals surface area (Å²) < 4.78 is 19.4. The molecule has 0 unspecified atom stereocenters. The van der Waals surface area contributed by atoms with Crippen molar-refractivity contribution in [2.75, 3.05) is 12.4 Å². The number of benzene rings is 1. The van der Waals surface area contributed by atoms with E-state index in [1.807, 2.05) is 30.3 Å². The van der Waals surface area contributed by atoms with Crippen LogP contribution in [0.3, 0.4) is 0 Å². The van der Waals surface area contributed by atoms with Crippen molar-refractivity contribution in [3.05, 3.63) is 53.3 Å². The summed E-state index contributed by atoms with van der Waals surface area (Å²) in [6.45, 7) is 0.334. The highest BCUT2D eigenvalue weighted by molar-refractivity contribution is 5.95. The number of ether oxygens (including phenoxy) is 1. The van der Waals surface area contributed by atoms with Crippen LogP contribution in [-0.4, -0.2) is 46.2 Å². The Hall–Kier alpha value is -3.36. The molecule has 0 spiro atoms. The van der Waals surface area contributed by atoms with Crippen molar-refractivity contribution in [1.29, 1.82) is 0 Å². The lowest BCUT2D eigenvalue weighted by Gasteiger charge is -2.35.